The van der Waals surface area contributed by atoms with E-state index < -0.39 is 10.0 Å². The monoisotopic (exact) mass is 352 g/mol. The molecule has 0 radical (unpaired) electrons. The molecule has 0 saturated heterocycles. The molecule has 0 aliphatic carbocycles. The Kier molecular flexibility index (Phi) is 6.30. The van der Waals surface area contributed by atoms with Crippen molar-refractivity contribution in [3.63, 3.8) is 0 Å². The second kappa shape index (κ2) is 8.65. The Morgan fingerprint density at radius 3 is 2.24 bits per heavy atom. The zero-order valence-electron chi connectivity index (χ0n) is 13.3. The summed E-state index contributed by atoms with van der Waals surface area (Å²) in [5.41, 5.74) is 1.56. The quantitative estimate of drug-likeness (QED) is 0.745. The highest BCUT2D eigenvalue weighted by Gasteiger charge is 2.12. The van der Waals surface area contributed by atoms with Crippen molar-refractivity contribution in [2.75, 3.05) is 11.9 Å². The van der Waals surface area contributed by atoms with Gasteiger partial charge in [0.2, 0.25) is 10.0 Å². The standard InChI is InChI=1S/C18H16N4O2S/c19-12-16(13-20)14-21-17-6-8-18(9-7-17)25(23,24)22-11-10-15-4-2-1-3-5-15/h1-9,14,21-22H,10-11H2. The summed E-state index contributed by atoms with van der Waals surface area (Å²) in [6.45, 7) is 0.308. The smallest absolute Gasteiger partial charge is 0.240 e. The van der Waals surface area contributed by atoms with Gasteiger partial charge in [-0.3, -0.25) is 0 Å². The molecule has 0 aromatic heterocycles. The molecule has 7 heteroatoms. The molecule has 0 aliphatic rings. The normalized spacial score (nSPS) is 10.3. The number of nitrogens with one attached hydrogen (secondary N) is 2. The Labute approximate surface area is 147 Å². The van der Waals surface area contributed by atoms with Crippen LogP contribution in [-0.2, 0) is 16.4 Å². The van der Waals surface area contributed by atoms with Crippen LogP contribution in [0.4, 0.5) is 5.69 Å². The maximum atomic E-state index is 12.3. The lowest BCUT2D eigenvalue weighted by Crippen LogP contribution is -2.25. The first kappa shape index (κ1) is 18.2. The maximum Gasteiger partial charge on any atom is 0.240 e. The molecule has 2 aromatic carbocycles. The molecule has 0 spiro atoms. The SMILES string of the molecule is N#CC(C#N)=CNc1ccc(S(=O)(=O)NCCc2ccccc2)cc1. The molecule has 0 saturated carbocycles. The highest BCUT2D eigenvalue weighted by molar-refractivity contribution is 7.89. The Bertz CT molecular complexity index is 906. The number of nitriles is 2. The van der Waals surface area contributed by atoms with E-state index in [9.17, 15) is 8.42 Å². The lowest BCUT2D eigenvalue weighted by atomic mass is 10.2. The molecule has 25 heavy (non-hydrogen) atoms. The van der Waals surface area contributed by atoms with Crippen molar-refractivity contribution >= 4 is 15.7 Å². The van der Waals surface area contributed by atoms with Crippen LogP contribution in [0.5, 0.6) is 0 Å². The number of anilines is 1. The first-order chi connectivity index (χ1) is 12.0. The fourth-order valence-electron chi connectivity index (χ4n) is 2.03. The van der Waals surface area contributed by atoms with Crippen LogP contribution in [0.15, 0.2) is 71.3 Å². The lowest BCUT2D eigenvalue weighted by Gasteiger charge is -2.08. The fraction of sp³-hybridized carbons (Fsp3) is 0.111. The molecular weight excluding hydrogens is 336 g/mol. The summed E-state index contributed by atoms with van der Waals surface area (Å²) in [7, 11) is -3.59. The van der Waals surface area contributed by atoms with Crippen LogP contribution in [0.2, 0.25) is 0 Å². The second-order valence-electron chi connectivity index (χ2n) is 5.08. The molecule has 2 aromatic rings. The molecule has 0 fully saturated rings. The second-order valence-corrected chi connectivity index (χ2v) is 6.85. The van der Waals surface area contributed by atoms with Gasteiger partial charge in [-0.05, 0) is 36.2 Å². The number of hydrogen-bond donors (Lipinski definition) is 2. The first-order valence-corrected chi connectivity index (χ1v) is 8.94. The van der Waals surface area contributed by atoms with Gasteiger partial charge in [0.15, 0.2) is 0 Å². The van der Waals surface area contributed by atoms with Crippen LogP contribution >= 0.6 is 0 Å². The van der Waals surface area contributed by atoms with E-state index in [2.05, 4.69) is 10.0 Å². The number of sulfonamides is 1. The van der Waals surface area contributed by atoms with Crippen LogP contribution in [0.1, 0.15) is 5.56 Å². The van der Waals surface area contributed by atoms with E-state index >= 15 is 0 Å². The van der Waals surface area contributed by atoms with Crippen molar-refractivity contribution in [2.45, 2.75) is 11.3 Å². The highest BCUT2D eigenvalue weighted by Crippen LogP contribution is 2.14. The molecule has 126 valence electrons. The van der Waals surface area contributed by atoms with Crippen LogP contribution in [0.3, 0.4) is 0 Å². The third kappa shape index (κ3) is 5.47. The van der Waals surface area contributed by atoms with Gasteiger partial charge in [0, 0.05) is 18.4 Å². The van der Waals surface area contributed by atoms with Gasteiger partial charge in [-0.2, -0.15) is 10.5 Å². The van der Waals surface area contributed by atoms with Crippen LogP contribution in [0, 0.1) is 22.7 Å². The highest BCUT2D eigenvalue weighted by atomic mass is 32.2. The predicted molar refractivity (Wildman–Crippen MR) is 94.7 cm³/mol. The van der Waals surface area contributed by atoms with E-state index in [1.165, 1.54) is 18.3 Å². The van der Waals surface area contributed by atoms with Gasteiger partial charge in [0.1, 0.15) is 17.7 Å². The summed E-state index contributed by atoms with van der Waals surface area (Å²) in [6, 6.07) is 19.1. The summed E-state index contributed by atoms with van der Waals surface area (Å²) in [4.78, 5) is 0.149. The summed E-state index contributed by atoms with van der Waals surface area (Å²) < 4.78 is 27.1. The third-order valence-electron chi connectivity index (χ3n) is 3.34. The van der Waals surface area contributed by atoms with Crippen LogP contribution < -0.4 is 10.0 Å². The van der Waals surface area contributed by atoms with Crippen molar-refractivity contribution in [1.82, 2.24) is 4.72 Å². The van der Waals surface area contributed by atoms with E-state index in [-0.39, 0.29) is 10.5 Å². The summed E-state index contributed by atoms with van der Waals surface area (Å²) >= 11 is 0. The van der Waals surface area contributed by atoms with E-state index in [1.807, 2.05) is 30.3 Å². The van der Waals surface area contributed by atoms with Crippen molar-refractivity contribution in [3.8, 4) is 12.1 Å². The van der Waals surface area contributed by atoms with E-state index in [0.29, 0.717) is 18.7 Å². The van der Waals surface area contributed by atoms with Gasteiger partial charge in [0.25, 0.3) is 0 Å². The van der Waals surface area contributed by atoms with Gasteiger partial charge >= 0.3 is 0 Å². The number of benzene rings is 2. The van der Waals surface area contributed by atoms with Crippen molar-refractivity contribution in [1.29, 1.82) is 10.5 Å². The minimum atomic E-state index is -3.59. The minimum absolute atomic E-state index is 0.0701. The number of allylic oxidation sites excluding steroid dienone is 1. The van der Waals surface area contributed by atoms with Crippen molar-refractivity contribution in [2.24, 2.45) is 0 Å². The summed E-state index contributed by atoms with van der Waals surface area (Å²) in [5, 5.41) is 20.1. The average molecular weight is 352 g/mol. The van der Waals surface area contributed by atoms with Crippen molar-refractivity contribution < 1.29 is 8.42 Å². The van der Waals surface area contributed by atoms with Crippen LogP contribution in [0.25, 0.3) is 0 Å². The van der Waals surface area contributed by atoms with Crippen molar-refractivity contribution in [3.05, 3.63) is 71.9 Å². The molecule has 0 heterocycles. The largest absolute Gasteiger partial charge is 0.360 e. The molecule has 2 N–H and O–H groups in total. The number of nitrogens with zero attached hydrogens (tertiary/aromatic N) is 2. The molecule has 0 aliphatic heterocycles. The van der Waals surface area contributed by atoms with Gasteiger partial charge in [-0.25, -0.2) is 13.1 Å². The molecule has 2 rings (SSSR count). The van der Waals surface area contributed by atoms with E-state index in [1.54, 1.807) is 24.3 Å². The van der Waals surface area contributed by atoms with Gasteiger partial charge < -0.3 is 5.32 Å². The topological polar surface area (TPSA) is 106 Å². The molecular formula is C18H16N4O2S. The fourth-order valence-corrected chi connectivity index (χ4v) is 3.06. The van der Waals surface area contributed by atoms with Gasteiger partial charge in [-0.15, -0.1) is 0 Å². The number of hydrogen-bond acceptors (Lipinski definition) is 5. The Hall–Kier alpha value is -3.13. The predicted octanol–water partition coefficient (Wildman–Crippen LogP) is 2.55. The first-order valence-electron chi connectivity index (χ1n) is 7.46. The molecule has 0 amide bonds. The Balaban J connectivity index is 1.97. The molecule has 0 atom stereocenters. The summed E-state index contributed by atoms with van der Waals surface area (Å²) in [6.07, 6.45) is 1.87. The summed E-state index contributed by atoms with van der Waals surface area (Å²) in [5.74, 6) is 0. The molecule has 6 nitrogen and oxygen atoms in total. The van der Waals surface area contributed by atoms with E-state index in [0.717, 1.165) is 5.56 Å². The van der Waals surface area contributed by atoms with Crippen LogP contribution in [-0.4, -0.2) is 15.0 Å². The average Bonchev–Trinajstić information content (AvgIpc) is 2.64. The van der Waals surface area contributed by atoms with Gasteiger partial charge in [0.05, 0.1) is 4.90 Å². The van der Waals surface area contributed by atoms with Gasteiger partial charge in [-0.1, -0.05) is 30.3 Å². The third-order valence-corrected chi connectivity index (χ3v) is 4.81. The molecule has 0 bridgehead atoms. The zero-order valence-corrected chi connectivity index (χ0v) is 14.1. The minimum Gasteiger partial charge on any atom is -0.360 e. The lowest BCUT2D eigenvalue weighted by molar-refractivity contribution is 0.581. The van der Waals surface area contributed by atoms with E-state index in [4.69, 9.17) is 10.5 Å². The Morgan fingerprint density at radius 2 is 1.64 bits per heavy atom. The molecule has 0 unspecified atom stereocenters. The Morgan fingerprint density at radius 1 is 1.00 bits per heavy atom. The number of rotatable bonds is 7. The zero-order chi connectivity index (χ0) is 18.1. The maximum absolute atomic E-state index is 12.3.